The summed E-state index contributed by atoms with van der Waals surface area (Å²) in [6.07, 6.45) is 1.15. The minimum atomic E-state index is 0.324. The summed E-state index contributed by atoms with van der Waals surface area (Å²) in [5.74, 6) is 0. The molecule has 1 heterocycles. The second-order valence-electron chi connectivity index (χ2n) is 7.41. The van der Waals surface area contributed by atoms with Gasteiger partial charge in [0.15, 0.2) is 0 Å². The van der Waals surface area contributed by atoms with Gasteiger partial charge in [0.25, 0.3) is 0 Å². The highest BCUT2D eigenvalue weighted by atomic mass is 16.5. The van der Waals surface area contributed by atoms with Gasteiger partial charge >= 0.3 is 0 Å². The third-order valence-electron chi connectivity index (χ3n) is 3.69. The van der Waals surface area contributed by atoms with Crippen molar-refractivity contribution in [2.24, 2.45) is 10.8 Å². The molecule has 0 aliphatic carbocycles. The smallest absolute Gasteiger partial charge is 0.0554 e. The summed E-state index contributed by atoms with van der Waals surface area (Å²) in [6, 6.07) is 11.2. The molecule has 2 rings (SSSR count). The van der Waals surface area contributed by atoms with Crippen molar-refractivity contribution >= 4 is 0 Å². The van der Waals surface area contributed by atoms with Gasteiger partial charge in [0.05, 0.1) is 13.2 Å². The van der Waals surface area contributed by atoms with Crippen LogP contribution in [-0.2, 0) is 4.74 Å². The summed E-state index contributed by atoms with van der Waals surface area (Å²) in [4.78, 5) is 0. The lowest BCUT2D eigenvalue weighted by atomic mass is 9.83. The van der Waals surface area contributed by atoms with Gasteiger partial charge in [0, 0.05) is 18.0 Å². The molecule has 1 unspecified atom stereocenters. The van der Waals surface area contributed by atoms with E-state index in [1.807, 2.05) is 0 Å². The Bertz CT molecular complexity index is 389. The number of ether oxygens (including phenoxy) is 1. The first-order valence-corrected chi connectivity index (χ1v) is 7.24. The average Bonchev–Trinajstić information content (AvgIpc) is 2.32. The van der Waals surface area contributed by atoms with Crippen LogP contribution in [0.3, 0.4) is 0 Å². The Kier molecular flexibility index (Phi) is 4.32. The molecule has 0 spiro atoms. The van der Waals surface area contributed by atoms with Crippen LogP contribution in [0, 0.1) is 10.8 Å². The van der Waals surface area contributed by atoms with Gasteiger partial charge in [-0.05, 0) is 17.4 Å². The Labute approximate surface area is 117 Å². The summed E-state index contributed by atoms with van der Waals surface area (Å²) < 4.78 is 5.34. The van der Waals surface area contributed by atoms with Crippen LogP contribution >= 0.6 is 0 Å². The molecule has 1 fully saturated rings. The van der Waals surface area contributed by atoms with Gasteiger partial charge < -0.3 is 10.1 Å². The predicted molar refractivity (Wildman–Crippen MR) is 80.2 cm³/mol. The SMILES string of the molecule is CC(C)(C)CC(NCC1(C)COC1)c1ccccc1. The Morgan fingerprint density at radius 3 is 2.32 bits per heavy atom. The van der Waals surface area contributed by atoms with E-state index in [9.17, 15) is 0 Å². The van der Waals surface area contributed by atoms with Crippen LogP contribution in [0.2, 0.25) is 0 Å². The van der Waals surface area contributed by atoms with E-state index in [1.165, 1.54) is 5.56 Å². The van der Waals surface area contributed by atoms with Crippen LogP contribution in [0.1, 0.15) is 45.7 Å². The highest BCUT2D eigenvalue weighted by Crippen LogP contribution is 2.31. The fourth-order valence-electron chi connectivity index (χ4n) is 2.53. The van der Waals surface area contributed by atoms with Crippen molar-refractivity contribution in [1.82, 2.24) is 5.32 Å². The Balaban J connectivity index is 2.02. The van der Waals surface area contributed by atoms with Gasteiger partial charge in [-0.15, -0.1) is 0 Å². The molecule has 1 aliphatic heterocycles. The molecular formula is C17H27NO. The largest absolute Gasteiger partial charge is 0.380 e. The number of nitrogens with one attached hydrogen (secondary N) is 1. The normalized spacial score (nSPS) is 19.8. The minimum Gasteiger partial charge on any atom is -0.380 e. The maximum absolute atomic E-state index is 5.34. The number of benzene rings is 1. The van der Waals surface area contributed by atoms with Crippen LogP contribution in [0.4, 0.5) is 0 Å². The lowest BCUT2D eigenvalue weighted by molar-refractivity contribution is -0.100. The van der Waals surface area contributed by atoms with Crippen LogP contribution in [0.5, 0.6) is 0 Å². The van der Waals surface area contributed by atoms with Gasteiger partial charge in [0.2, 0.25) is 0 Å². The van der Waals surface area contributed by atoms with E-state index in [-0.39, 0.29) is 0 Å². The van der Waals surface area contributed by atoms with E-state index in [0.29, 0.717) is 16.9 Å². The zero-order valence-corrected chi connectivity index (χ0v) is 12.7. The molecular weight excluding hydrogens is 234 g/mol. The topological polar surface area (TPSA) is 21.3 Å². The maximum Gasteiger partial charge on any atom is 0.0554 e. The molecule has 0 radical (unpaired) electrons. The van der Waals surface area contributed by atoms with E-state index in [1.54, 1.807) is 0 Å². The zero-order valence-electron chi connectivity index (χ0n) is 12.7. The fourth-order valence-corrected chi connectivity index (χ4v) is 2.53. The second-order valence-corrected chi connectivity index (χ2v) is 7.41. The zero-order chi connectivity index (χ0) is 13.9. The minimum absolute atomic E-state index is 0.324. The maximum atomic E-state index is 5.34. The molecule has 0 bridgehead atoms. The summed E-state index contributed by atoms with van der Waals surface area (Å²) in [5, 5.41) is 3.76. The number of rotatable bonds is 5. The molecule has 1 atom stereocenters. The summed E-state index contributed by atoms with van der Waals surface area (Å²) >= 11 is 0. The lowest BCUT2D eigenvalue weighted by Gasteiger charge is -2.40. The monoisotopic (exact) mass is 261 g/mol. The van der Waals surface area contributed by atoms with E-state index in [0.717, 1.165) is 26.2 Å². The van der Waals surface area contributed by atoms with Crippen molar-refractivity contribution in [3.8, 4) is 0 Å². The molecule has 1 aromatic rings. The molecule has 2 heteroatoms. The summed E-state index contributed by atoms with van der Waals surface area (Å²) in [5.41, 5.74) is 2.04. The van der Waals surface area contributed by atoms with Crippen molar-refractivity contribution in [2.45, 2.75) is 40.2 Å². The van der Waals surface area contributed by atoms with Crippen LogP contribution < -0.4 is 5.32 Å². The molecule has 2 nitrogen and oxygen atoms in total. The molecule has 0 amide bonds. The van der Waals surface area contributed by atoms with Gasteiger partial charge in [-0.3, -0.25) is 0 Å². The standard InChI is InChI=1S/C17H27NO/c1-16(2,3)10-15(14-8-6-5-7-9-14)18-11-17(4)12-19-13-17/h5-9,15,18H,10-13H2,1-4H3. The highest BCUT2D eigenvalue weighted by molar-refractivity contribution is 5.19. The van der Waals surface area contributed by atoms with Gasteiger partial charge in [-0.1, -0.05) is 58.0 Å². The first kappa shape index (κ1) is 14.5. The van der Waals surface area contributed by atoms with Crippen LogP contribution in [-0.4, -0.2) is 19.8 Å². The van der Waals surface area contributed by atoms with Crippen LogP contribution in [0.15, 0.2) is 30.3 Å². The predicted octanol–water partition coefficient (Wildman–Crippen LogP) is 3.79. The molecule has 1 N–H and O–H groups in total. The molecule has 1 aromatic carbocycles. The first-order valence-electron chi connectivity index (χ1n) is 7.24. The van der Waals surface area contributed by atoms with Gasteiger partial charge in [0.1, 0.15) is 0 Å². The van der Waals surface area contributed by atoms with Crippen molar-refractivity contribution in [1.29, 1.82) is 0 Å². The Morgan fingerprint density at radius 2 is 1.84 bits per heavy atom. The first-order chi connectivity index (χ1) is 8.88. The van der Waals surface area contributed by atoms with Gasteiger partial charge in [-0.25, -0.2) is 0 Å². The lowest BCUT2D eigenvalue weighted by Crippen LogP contribution is -2.48. The van der Waals surface area contributed by atoms with E-state index < -0.39 is 0 Å². The van der Waals surface area contributed by atoms with Crippen molar-refractivity contribution in [3.05, 3.63) is 35.9 Å². The number of hydrogen-bond acceptors (Lipinski definition) is 2. The second kappa shape index (κ2) is 5.64. The van der Waals surface area contributed by atoms with E-state index >= 15 is 0 Å². The van der Waals surface area contributed by atoms with Crippen LogP contribution in [0.25, 0.3) is 0 Å². The average molecular weight is 261 g/mol. The summed E-state index contributed by atoms with van der Waals surface area (Å²) in [7, 11) is 0. The Morgan fingerprint density at radius 1 is 1.21 bits per heavy atom. The third-order valence-corrected chi connectivity index (χ3v) is 3.69. The summed E-state index contributed by atoms with van der Waals surface area (Å²) in [6.45, 7) is 12.0. The fraction of sp³-hybridized carbons (Fsp3) is 0.647. The van der Waals surface area contributed by atoms with Crippen molar-refractivity contribution < 1.29 is 4.74 Å². The molecule has 0 saturated carbocycles. The van der Waals surface area contributed by atoms with Crippen molar-refractivity contribution in [2.75, 3.05) is 19.8 Å². The quantitative estimate of drug-likeness (QED) is 0.870. The molecule has 1 saturated heterocycles. The molecule has 1 aliphatic rings. The van der Waals surface area contributed by atoms with Crippen molar-refractivity contribution in [3.63, 3.8) is 0 Å². The van der Waals surface area contributed by atoms with E-state index in [2.05, 4.69) is 63.3 Å². The number of hydrogen-bond donors (Lipinski definition) is 1. The molecule has 106 valence electrons. The van der Waals surface area contributed by atoms with Gasteiger partial charge in [-0.2, -0.15) is 0 Å². The molecule has 0 aromatic heterocycles. The molecule has 19 heavy (non-hydrogen) atoms. The third kappa shape index (κ3) is 4.32. The van der Waals surface area contributed by atoms with E-state index in [4.69, 9.17) is 4.74 Å². The Hall–Kier alpha value is -0.860. The highest BCUT2D eigenvalue weighted by Gasteiger charge is 2.34.